The number of rotatable bonds is 0. The Morgan fingerprint density at radius 3 is 2.62 bits per heavy atom. The van der Waals surface area contributed by atoms with Gasteiger partial charge in [0.25, 0.3) is 0 Å². The molecule has 4 bridgehead atoms. The number of hydrogen-bond acceptors (Lipinski definition) is 2. The van der Waals surface area contributed by atoms with E-state index in [0.717, 1.165) is 22.7 Å². The maximum atomic E-state index is 8.77. The van der Waals surface area contributed by atoms with Crippen molar-refractivity contribution in [1.29, 1.82) is 5.41 Å². The molecule has 1 aromatic heterocycles. The summed E-state index contributed by atoms with van der Waals surface area (Å²) in [6.45, 7) is 2.10. The maximum Gasteiger partial charge on any atom is 0.135 e. The molecule has 0 saturated heterocycles. The van der Waals surface area contributed by atoms with E-state index in [9.17, 15) is 0 Å². The summed E-state index contributed by atoms with van der Waals surface area (Å²) in [5, 5.41) is 9.79. The summed E-state index contributed by atoms with van der Waals surface area (Å²) in [6.07, 6.45) is 6.58. The standard InChI is InChI=1S/C18H21N3/c1-10-2-3-16-15(4-10)17(19)21-14-8-11-5-12(9-14)7-13(6-11)18(21)20-16/h2-4,11-14,19H,5-9H2,1H3. The van der Waals surface area contributed by atoms with Crippen LogP contribution < -0.4 is 5.49 Å². The van der Waals surface area contributed by atoms with Gasteiger partial charge in [-0.1, -0.05) is 11.6 Å². The second-order valence-electron chi connectivity index (χ2n) is 7.47. The summed E-state index contributed by atoms with van der Waals surface area (Å²) >= 11 is 0. The summed E-state index contributed by atoms with van der Waals surface area (Å²) in [5.74, 6) is 3.55. The molecule has 3 nitrogen and oxygen atoms in total. The molecule has 2 saturated carbocycles. The Hall–Kier alpha value is -1.64. The van der Waals surface area contributed by atoms with Crippen molar-refractivity contribution >= 4 is 10.9 Å². The van der Waals surface area contributed by atoms with Crippen molar-refractivity contribution in [1.82, 2.24) is 9.55 Å². The highest BCUT2D eigenvalue weighted by atomic mass is 15.1. The SMILES string of the molecule is Cc1ccc2nc3n(c(=N)c2c1)C1CC2CC(CC3C2)C1. The summed E-state index contributed by atoms with van der Waals surface area (Å²) in [5.41, 5.74) is 2.94. The van der Waals surface area contributed by atoms with Gasteiger partial charge in [0.2, 0.25) is 0 Å². The van der Waals surface area contributed by atoms with Crippen LogP contribution in [0.3, 0.4) is 0 Å². The topological polar surface area (TPSA) is 41.7 Å². The molecule has 2 aliphatic heterocycles. The number of benzene rings is 1. The highest BCUT2D eigenvalue weighted by Gasteiger charge is 2.43. The van der Waals surface area contributed by atoms with Crippen LogP contribution in [0.15, 0.2) is 18.2 Å². The number of hydrogen-bond donors (Lipinski definition) is 1. The number of nitrogens with one attached hydrogen (secondary N) is 1. The first-order valence-corrected chi connectivity index (χ1v) is 8.26. The molecule has 2 fully saturated rings. The number of nitrogens with zero attached hydrogens (tertiary/aromatic N) is 2. The zero-order chi connectivity index (χ0) is 14.1. The minimum Gasteiger partial charge on any atom is -0.311 e. The van der Waals surface area contributed by atoms with Gasteiger partial charge < -0.3 is 4.57 Å². The monoisotopic (exact) mass is 279 g/mol. The fourth-order valence-corrected chi connectivity index (χ4v) is 5.25. The van der Waals surface area contributed by atoms with Gasteiger partial charge in [0.05, 0.1) is 5.52 Å². The van der Waals surface area contributed by atoms with Crippen LogP contribution >= 0.6 is 0 Å². The van der Waals surface area contributed by atoms with Gasteiger partial charge in [-0.2, -0.15) is 0 Å². The average Bonchev–Trinajstić information content (AvgIpc) is 2.62. The third kappa shape index (κ3) is 1.60. The minimum absolute atomic E-state index is 0.529. The molecular weight excluding hydrogens is 258 g/mol. The van der Waals surface area contributed by atoms with Crippen LogP contribution in [0, 0.1) is 24.2 Å². The minimum atomic E-state index is 0.529. The van der Waals surface area contributed by atoms with Crippen LogP contribution in [0.25, 0.3) is 10.9 Å². The molecular formula is C18H21N3. The molecule has 0 radical (unpaired) electrons. The smallest absolute Gasteiger partial charge is 0.135 e. The molecule has 4 aliphatic rings. The Kier molecular flexibility index (Phi) is 2.26. The van der Waals surface area contributed by atoms with Crippen LogP contribution in [-0.2, 0) is 0 Å². The number of fused-ring (bicyclic) bond motifs is 1. The van der Waals surface area contributed by atoms with Crippen LogP contribution in [0.4, 0.5) is 0 Å². The Balaban J connectivity index is 1.85. The first kappa shape index (κ1) is 12.0. The third-order valence-corrected chi connectivity index (χ3v) is 5.97. The molecule has 21 heavy (non-hydrogen) atoms. The molecule has 2 aromatic rings. The van der Waals surface area contributed by atoms with E-state index in [1.165, 1.54) is 43.5 Å². The average molecular weight is 279 g/mol. The van der Waals surface area contributed by atoms with Crippen molar-refractivity contribution in [3.63, 3.8) is 0 Å². The van der Waals surface area contributed by atoms with Gasteiger partial charge in [-0.15, -0.1) is 0 Å². The van der Waals surface area contributed by atoms with E-state index >= 15 is 0 Å². The highest BCUT2D eigenvalue weighted by molar-refractivity contribution is 5.78. The summed E-state index contributed by atoms with van der Waals surface area (Å²) < 4.78 is 2.31. The van der Waals surface area contributed by atoms with E-state index in [-0.39, 0.29) is 0 Å². The van der Waals surface area contributed by atoms with Gasteiger partial charge in [0, 0.05) is 17.3 Å². The van der Waals surface area contributed by atoms with Crippen molar-refractivity contribution < 1.29 is 0 Å². The Labute approximate surface area is 124 Å². The van der Waals surface area contributed by atoms with Crippen LogP contribution in [-0.4, -0.2) is 9.55 Å². The molecule has 3 heterocycles. The van der Waals surface area contributed by atoms with Gasteiger partial charge in [-0.3, -0.25) is 5.41 Å². The maximum absolute atomic E-state index is 8.77. The summed E-state index contributed by atoms with van der Waals surface area (Å²) in [4.78, 5) is 5.02. The lowest BCUT2D eigenvalue weighted by molar-refractivity contribution is 0.150. The summed E-state index contributed by atoms with van der Waals surface area (Å²) in [6, 6.07) is 6.87. The van der Waals surface area contributed by atoms with E-state index in [0.29, 0.717) is 17.4 Å². The quantitative estimate of drug-likeness (QED) is 0.785. The molecule has 3 heteroatoms. The predicted molar refractivity (Wildman–Crippen MR) is 82.2 cm³/mol. The molecule has 0 amide bonds. The Morgan fingerprint density at radius 1 is 1.10 bits per heavy atom. The highest BCUT2D eigenvalue weighted by Crippen LogP contribution is 2.52. The van der Waals surface area contributed by atoms with Crippen LogP contribution in [0.2, 0.25) is 0 Å². The largest absolute Gasteiger partial charge is 0.311 e. The van der Waals surface area contributed by atoms with E-state index in [2.05, 4.69) is 29.7 Å². The lowest BCUT2D eigenvalue weighted by Crippen LogP contribution is -2.31. The molecule has 6 rings (SSSR count). The fraction of sp³-hybridized carbons (Fsp3) is 0.556. The van der Waals surface area contributed by atoms with Crippen molar-refractivity contribution in [3.05, 3.63) is 35.1 Å². The first-order chi connectivity index (χ1) is 10.2. The molecule has 1 aromatic carbocycles. The van der Waals surface area contributed by atoms with Crippen molar-refractivity contribution in [2.24, 2.45) is 11.8 Å². The lowest BCUT2D eigenvalue weighted by Gasteiger charge is -2.37. The van der Waals surface area contributed by atoms with Gasteiger partial charge in [-0.05, 0) is 63.0 Å². The van der Waals surface area contributed by atoms with Gasteiger partial charge >= 0.3 is 0 Å². The van der Waals surface area contributed by atoms with Crippen LogP contribution in [0.5, 0.6) is 0 Å². The molecule has 2 unspecified atom stereocenters. The molecule has 1 N–H and O–H groups in total. The van der Waals surface area contributed by atoms with Crippen LogP contribution in [0.1, 0.15) is 55.5 Å². The van der Waals surface area contributed by atoms with Crippen molar-refractivity contribution in [2.75, 3.05) is 0 Å². The number of aryl methyl sites for hydroxylation is 1. The van der Waals surface area contributed by atoms with E-state index in [4.69, 9.17) is 10.4 Å². The molecule has 2 atom stereocenters. The third-order valence-electron chi connectivity index (χ3n) is 5.97. The molecule has 0 spiro atoms. The van der Waals surface area contributed by atoms with Crippen molar-refractivity contribution in [3.8, 4) is 0 Å². The van der Waals surface area contributed by atoms with E-state index < -0.39 is 0 Å². The van der Waals surface area contributed by atoms with Gasteiger partial charge in [-0.25, -0.2) is 4.98 Å². The summed E-state index contributed by atoms with van der Waals surface area (Å²) in [7, 11) is 0. The molecule has 2 aliphatic carbocycles. The Morgan fingerprint density at radius 2 is 1.86 bits per heavy atom. The number of aromatic nitrogens is 2. The van der Waals surface area contributed by atoms with Gasteiger partial charge in [0.1, 0.15) is 11.3 Å². The van der Waals surface area contributed by atoms with E-state index in [1.54, 1.807) is 0 Å². The van der Waals surface area contributed by atoms with E-state index in [1.807, 2.05) is 0 Å². The predicted octanol–water partition coefficient (Wildman–Crippen LogP) is 3.67. The molecule has 108 valence electrons. The van der Waals surface area contributed by atoms with Gasteiger partial charge in [0.15, 0.2) is 0 Å². The second-order valence-corrected chi connectivity index (χ2v) is 7.47. The van der Waals surface area contributed by atoms with Crippen molar-refractivity contribution in [2.45, 2.75) is 51.0 Å². The lowest BCUT2D eigenvalue weighted by atomic mass is 9.68. The second kappa shape index (κ2) is 3.96. The first-order valence-electron chi connectivity index (χ1n) is 8.26. The Bertz CT molecular complexity index is 790. The normalized spacial score (nSPS) is 33.2. The zero-order valence-corrected chi connectivity index (χ0v) is 12.5. The zero-order valence-electron chi connectivity index (χ0n) is 12.5. The fourth-order valence-electron chi connectivity index (χ4n) is 5.25.